The van der Waals surface area contributed by atoms with E-state index in [9.17, 15) is 31.6 Å². The fourth-order valence-corrected chi connectivity index (χ4v) is 8.39. The Morgan fingerprint density at radius 3 is 1.49 bits per heavy atom. The average molecular weight is 863 g/mol. The monoisotopic (exact) mass is 862 g/mol. The van der Waals surface area contributed by atoms with Gasteiger partial charge >= 0.3 is 12.4 Å². The number of hydrogen-bond donors (Lipinski definition) is 0. The second kappa shape index (κ2) is 16.1. The van der Waals surface area contributed by atoms with Crippen LogP contribution in [0.4, 0.5) is 26.3 Å². The van der Waals surface area contributed by atoms with Crippen molar-refractivity contribution in [2.75, 3.05) is 0 Å². The van der Waals surface area contributed by atoms with Gasteiger partial charge in [-0.15, -0.1) is 0 Å². The molecule has 0 bridgehead atoms. The zero-order valence-electron chi connectivity index (χ0n) is 34.0. The number of nitriles is 1. The first-order chi connectivity index (χ1) is 31.4. The molecule has 65 heavy (non-hydrogen) atoms. The van der Waals surface area contributed by atoms with Crippen LogP contribution in [0.3, 0.4) is 0 Å². The maximum atomic E-state index is 14.6. The van der Waals surface area contributed by atoms with Crippen molar-refractivity contribution in [1.29, 1.82) is 5.26 Å². The van der Waals surface area contributed by atoms with Crippen LogP contribution in [0.5, 0.6) is 0 Å². The Labute approximate surface area is 369 Å². The van der Waals surface area contributed by atoms with Crippen LogP contribution in [0.15, 0.2) is 194 Å². The van der Waals surface area contributed by atoms with Gasteiger partial charge in [-0.05, 0) is 95.1 Å². The molecule has 0 N–H and O–H groups in total. The molecule has 0 aliphatic carbocycles. The van der Waals surface area contributed by atoms with Crippen LogP contribution in [0, 0.1) is 11.3 Å². The zero-order valence-corrected chi connectivity index (χ0v) is 34.0. The van der Waals surface area contributed by atoms with Crippen LogP contribution < -0.4 is 0 Å². The lowest BCUT2D eigenvalue weighted by molar-refractivity contribution is -0.138. The Morgan fingerprint density at radius 2 is 0.908 bits per heavy atom. The molecule has 0 amide bonds. The highest BCUT2D eigenvalue weighted by molar-refractivity contribution is 6.12. The summed E-state index contributed by atoms with van der Waals surface area (Å²) in [6.07, 6.45) is -9.40. The van der Waals surface area contributed by atoms with E-state index in [2.05, 4.69) is 6.07 Å². The SMILES string of the molecule is N#Cc1ccc(-c2ccc3c(c2)c2ccccc2n3-c2c(-c3cccc(C(F)(F)F)c3)cc(-c3cc(-c4ccccc4)nc(-c4ccccc4)n3)cc2-c2cccc(C(F)(F)F)c2)cc1. The predicted molar refractivity (Wildman–Crippen MR) is 244 cm³/mol. The molecule has 314 valence electrons. The Balaban J connectivity index is 1.33. The van der Waals surface area contributed by atoms with E-state index in [0.29, 0.717) is 61.8 Å². The zero-order chi connectivity index (χ0) is 44.9. The first-order valence-electron chi connectivity index (χ1n) is 20.5. The number of aromatic nitrogens is 3. The van der Waals surface area contributed by atoms with Crippen molar-refractivity contribution in [3.8, 4) is 79.0 Å². The molecule has 2 heterocycles. The summed E-state index contributed by atoms with van der Waals surface area (Å²) in [7, 11) is 0. The lowest BCUT2D eigenvalue weighted by atomic mass is 9.90. The maximum absolute atomic E-state index is 14.6. The van der Waals surface area contributed by atoms with Gasteiger partial charge in [0.1, 0.15) is 0 Å². The summed E-state index contributed by atoms with van der Waals surface area (Å²) in [5.74, 6) is 0.382. The van der Waals surface area contributed by atoms with Crippen molar-refractivity contribution >= 4 is 21.8 Å². The van der Waals surface area contributed by atoms with Crippen LogP contribution in [-0.2, 0) is 12.4 Å². The first-order valence-corrected chi connectivity index (χ1v) is 20.5. The van der Waals surface area contributed by atoms with Gasteiger partial charge in [-0.1, -0.05) is 121 Å². The minimum Gasteiger partial charge on any atom is -0.308 e. The highest BCUT2D eigenvalue weighted by Crippen LogP contribution is 2.46. The minimum absolute atomic E-state index is 0.186. The van der Waals surface area contributed by atoms with Gasteiger partial charge < -0.3 is 4.57 Å². The minimum atomic E-state index is -4.70. The molecule has 0 spiro atoms. The number of hydrogen-bond acceptors (Lipinski definition) is 3. The third kappa shape index (κ3) is 7.78. The molecule has 0 saturated heterocycles. The number of fused-ring (bicyclic) bond motifs is 3. The molecule has 0 aliphatic rings. The molecule has 10 heteroatoms. The molecule has 8 aromatic carbocycles. The summed E-state index contributed by atoms with van der Waals surface area (Å²) in [5, 5.41) is 11.0. The van der Waals surface area contributed by atoms with E-state index in [-0.39, 0.29) is 11.1 Å². The van der Waals surface area contributed by atoms with Gasteiger partial charge in [0.2, 0.25) is 0 Å². The van der Waals surface area contributed by atoms with Crippen LogP contribution in [0.2, 0.25) is 0 Å². The van der Waals surface area contributed by atoms with Crippen LogP contribution in [0.25, 0.3) is 94.8 Å². The molecule has 2 aromatic heterocycles. The second-order valence-electron chi connectivity index (χ2n) is 15.5. The molecular weight excluding hydrogens is 831 g/mol. The number of halogens is 6. The predicted octanol–water partition coefficient (Wildman–Crippen LogP) is 15.5. The molecule has 0 unspecified atom stereocenters. The van der Waals surface area contributed by atoms with Crippen molar-refractivity contribution in [3.63, 3.8) is 0 Å². The summed E-state index contributed by atoms with van der Waals surface area (Å²) in [6.45, 7) is 0. The Bertz CT molecular complexity index is 3320. The average Bonchev–Trinajstić information content (AvgIpc) is 3.67. The summed E-state index contributed by atoms with van der Waals surface area (Å²) < 4.78 is 89.6. The van der Waals surface area contributed by atoms with E-state index in [0.717, 1.165) is 51.7 Å². The summed E-state index contributed by atoms with van der Waals surface area (Å²) in [4.78, 5) is 9.95. The normalized spacial score (nSPS) is 11.8. The van der Waals surface area contributed by atoms with Gasteiger partial charge in [-0.25, -0.2) is 9.97 Å². The third-order valence-electron chi connectivity index (χ3n) is 11.5. The van der Waals surface area contributed by atoms with Gasteiger partial charge in [-0.2, -0.15) is 31.6 Å². The van der Waals surface area contributed by atoms with Crippen LogP contribution in [0.1, 0.15) is 16.7 Å². The molecule has 0 aliphatic heterocycles. The number of nitrogens with zero attached hydrogens (tertiary/aromatic N) is 4. The van der Waals surface area contributed by atoms with E-state index < -0.39 is 23.5 Å². The van der Waals surface area contributed by atoms with Crippen molar-refractivity contribution in [2.45, 2.75) is 12.4 Å². The van der Waals surface area contributed by atoms with Gasteiger partial charge in [-0.3, -0.25) is 0 Å². The lowest BCUT2D eigenvalue weighted by Crippen LogP contribution is -2.07. The summed E-state index contributed by atoms with van der Waals surface area (Å²) in [5.41, 5.74) is 6.07. The Kier molecular flexibility index (Phi) is 10.1. The highest BCUT2D eigenvalue weighted by Gasteiger charge is 2.33. The van der Waals surface area contributed by atoms with Gasteiger partial charge in [0.05, 0.1) is 50.9 Å². The van der Waals surface area contributed by atoms with E-state index in [4.69, 9.17) is 9.97 Å². The smallest absolute Gasteiger partial charge is 0.308 e. The summed E-state index contributed by atoms with van der Waals surface area (Å²) >= 11 is 0. The number of rotatable bonds is 7. The van der Waals surface area contributed by atoms with E-state index >= 15 is 0 Å². The van der Waals surface area contributed by atoms with E-state index in [1.807, 2.05) is 120 Å². The standard InChI is InChI=1S/C55H32F6N4/c56-54(57,58)42-17-9-15-39(27-42)45-30-41(49-32-48(36-11-3-1-4-12-36)63-53(64-49)37-13-5-2-6-14-37)31-46(40-16-10-18-43(28-40)55(59,60)61)52(45)65-50-20-8-7-19-44(50)47-29-38(25-26-51(47)65)35-23-21-34(33-62)22-24-35/h1-32H. The van der Waals surface area contributed by atoms with E-state index in [1.165, 1.54) is 12.1 Å². The largest absolute Gasteiger partial charge is 0.416 e. The topological polar surface area (TPSA) is 54.5 Å². The second-order valence-corrected chi connectivity index (χ2v) is 15.5. The van der Waals surface area contributed by atoms with Crippen LogP contribution >= 0.6 is 0 Å². The fourth-order valence-electron chi connectivity index (χ4n) is 8.39. The third-order valence-corrected chi connectivity index (χ3v) is 11.5. The van der Waals surface area contributed by atoms with Crippen LogP contribution in [-0.4, -0.2) is 14.5 Å². The van der Waals surface area contributed by atoms with Gasteiger partial charge in [0.25, 0.3) is 0 Å². The fraction of sp³-hybridized carbons (Fsp3) is 0.0364. The number of benzene rings is 8. The molecule has 10 aromatic rings. The molecule has 0 fully saturated rings. The molecule has 10 rings (SSSR count). The van der Waals surface area contributed by atoms with Gasteiger partial charge in [0.15, 0.2) is 5.82 Å². The first kappa shape index (κ1) is 40.8. The maximum Gasteiger partial charge on any atom is 0.416 e. The Hall–Kier alpha value is -8.29. The molecule has 0 saturated carbocycles. The van der Waals surface area contributed by atoms with Crippen molar-refractivity contribution < 1.29 is 26.3 Å². The van der Waals surface area contributed by atoms with E-state index in [1.54, 1.807) is 42.5 Å². The lowest BCUT2D eigenvalue weighted by Gasteiger charge is -2.22. The van der Waals surface area contributed by atoms with Crippen molar-refractivity contribution in [3.05, 3.63) is 211 Å². The van der Waals surface area contributed by atoms with Gasteiger partial charge in [0, 0.05) is 38.6 Å². The Morgan fingerprint density at radius 1 is 0.400 bits per heavy atom. The molecule has 0 radical (unpaired) electrons. The quantitative estimate of drug-likeness (QED) is 0.150. The molecular formula is C55H32F6N4. The highest BCUT2D eigenvalue weighted by atomic mass is 19.4. The summed E-state index contributed by atoms with van der Waals surface area (Å²) in [6, 6.07) is 56.8. The van der Waals surface area contributed by atoms with Crippen molar-refractivity contribution in [1.82, 2.24) is 14.5 Å². The molecule has 0 atom stereocenters. The number of para-hydroxylation sites is 1. The molecule has 4 nitrogen and oxygen atoms in total. The van der Waals surface area contributed by atoms with Crippen molar-refractivity contribution in [2.24, 2.45) is 0 Å². The number of alkyl halides is 6.